The molecule has 0 aromatic heterocycles. The van der Waals surface area contributed by atoms with Crippen LogP contribution in [0.5, 0.6) is 5.75 Å². The molecule has 3 aromatic carbocycles. The number of carbonyl (C=O) groups is 4. The number of hydrogen-bond acceptors (Lipinski definition) is 7. The maximum absolute atomic E-state index is 12.7. The predicted octanol–water partition coefficient (Wildman–Crippen LogP) is 5.56. The van der Waals surface area contributed by atoms with Crippen molar-refractivity contribution in [1.29, 1.82) is 0 Å². The Hall–Kier alpha value is -4.08. The Kier molecular flexibility index (Phi) is 8.83. The lowest BCUT2D eigenvalue weighted by atomic mass is 10.1. The number of anilines is 1. The summed E-state index contributed by atoms with van der Waals surface area (Å²) in [4.78, 5) is 50.8. The first-order valence-electron chi connectivity index (χ1n) is 11.6. The fourth-order valence-corrected chi connectivity index (χ4v) is 4.47. The van der Waals surface area contributed by atoms with E-state index in [2.05, 4.69) is 5.32 Å². The van der Waals surface area contributed by atoms with E-state index in [0.717, 1.165) is 22.2 Å². The summed E-state index contributed by atoms with van der Waals surface area (Å²) in [5.74, 6) is -1.06. The molecule has 0 spiro atoms. The normalized spacial score (nSPS) is 14.1. The van der Waals surface area contributed by atoms with Gasteiger partial charge in [-0.2, -0.15) is 0 Å². The number of hydrogen-bond donors (Lipinski definition) is 1. The number of esters is 1. The average Bonchev–Trinajstić information content (AvgIpc) is 3.17. The molecule has 1 heterocycles. The lowest BCUT2D eigenvalue weighted by Gasteiger charge is -2.13. The second-order valence-electron chi connectivity index (χ2n) is 8.22. The minimum absolute atomic E-state index is 0.0789. The molecular weight excluding hydrogens is 528 g/mol. The van der Waals surface area contributed by atoms with Gasteiger partial charge in [0.15, 0.2) is 6.61 Å². The number of benzene rings is 3. The molecule has 10 heteroatoms. The number of aryl methyl sites for hydroxylation is 1. The van der Waals surface area contributed by atoms with Gasteiger partial charge in [0.2, 0.25) is 0 Å². The van der Waals surface area contributed by atoms with E-state index < -0.39 is 29.6 Å². The summed E-state index contributed by atoms with van der Waals surface area (Å²) in [6.07, 6.45) is 1.57. The molecule has 1 saturated heterocycles. The zero-order valence-electron chi connectivity index (χ0n) is 20.3. The highest BCUT2D eigenvalue weighted by Crippen LogP contribution is 2.32. The molecule has 8 nitrogen and oxygen atoms in total. The number of imide groups is 1. The van der Waals surface area contributed by atoms with Crippen molar-refractivity contribution >= 4 is 58.1 Å². The first-order valence-corrected chi connectivity index (χ1v) is 12.8. The monoisotopic (exact) mass is 550 g/mol. The quantitative estimate of drug-likeness (QED) is 0.275. The van der Waals surface area contributed by atoms with Crippen LogP contribution in [0.2, 0.25) is 5.02 Å². The fourth-order valence-electron chi connectivity index (χ4n) is 3.42. The number of thioether (sulfide) groups is 1. The van der Waals surface area contributed by atoms with Gasteiger partial charge in [0.05, 0.1) is 22.0 Å². The van der Waals surface area contributed by atoms with Crippen molar-refractivity contribution in [3.63, 3.8) is 0 Å². The van der Waals surface area contributed by atoms with Crippen LogP contribution < -0.4 is 10.1 Å². The van der Waals surface area contributed by atoms with Crippen LogP contribution in [-0.4, -0.2) is 47.7 Å². The van der Waals surface area contributed by atoms with E-state index in [4.69, 9.17) is 21.1 Å². The number of nitrogens with zero attached hydrogens (tertiary/aromatic N) is 1. The maximum Gasteiger partial charge on any atom is 0.338 e. The molecule has 0 aliphatic carbocycles. The summed E-state index contributed by atoms with van der Waals surface area (Å²) < 4.78 is 10.7. The fraction of sp³-hybridized carbons (Fsp3) is 0.143. The number of rotatable bonds is 9. The Balaban J connectivity index is 1.28. The molecular formula is C28H23ClN2O6S. The van der Waals surface area contributed by atoms with Crippen molar-refractivity contribution in [3.8, 4) is 5.75 Å². The van der Waals surface area contributed by atoms with Gasteiger partial charge in [0, 0.05) is 5.69 Å². The Morgan fingerprint density at radius 2 is 1.71 bits per heavy atom. The van der Waals surface area contributed by atoms with E-state index in [1.54, 1.807) is 54.6 Å². The molecule has 1 fully saturated rings. The number of nitrogens with one attached hydrogen (secondary N) is 1. The Bertz CT molecular complexity index is 1390. The molecule has 1 aliphatic heterocycles. The summed E-state index contributed by atoms with van der Waals surface area (Å²) in [5.41, 5.74) is 2.54. The molecule has 3 amide bonds. The minimum atomic E-state index is -0.658. The van der Waals surface area contributed by atoms with Crippen molar-refractivity contribution in [2.75, 3.05) is 25.1 Å². The van der Waals surface area contributed by atoms with Gasteiger partial charge in [-0.3, -0.25) is 19.3 Å². The Morgan fingerprint density at radius 1 is 1.00 bits per heavy atom. The minimum Gasteiger partial charge on any atom is -0.490 e. The first kappa shape index (κ1) is 27.0. The Morgan fingerprint density at radius 3 is 2.42 bits per heavy atom. The maximum atomic E-state index is 12.7. The zero-order valence-corrected chi connectivity index (χ0v) is 21.9. The summed E-state index contributed by atoms with van der Waals surface area (Å²) in [7, 11) is 0. The van der Waals surface area contributed by atoms with Gasteiger partial charge in [-0.05, 0) is 66.7 Å². The average molecular weight is 551 g/mol. The third kappa shape index (κ3) is 7.02. The summed E-state index contributed by atoms with van der Waals surface area (Å²) in [6, 6.07) is 20.5. The first-order chi connectivity index (χ1) is 18.3. The number of ether oxygens (including phenoxy) is 2. The molecule has 1 N–H and O–H groups in total. The van der Waals surface area contributed by atoms with Crippen molar-refractivity contribution in [3.05, 3.63) is 99.4 Å². The molecule has 4 rings (SSSR count). The smallest absolute Gasteiger partial charge is 0.338 e. The second kappa shape index (κ2) is 12.4. The van der Waals surface area contributed by atoms with Crippen LogP contribution in [0.25, 0.3) is 6.08 Å². The third-order valence-electron chi connectivity index (χ3n) is 5.40. The van der Waals surface area contributed by atoms with Crippen LogP contribution in [-0.2, 0) is 14.3 Å². The van der Waals surface area contributed by atoms with E-state index in [0.29, 0.717) is 22.0 Å². The molecule has 0 unspecified atom stereocenters. The summed E-state index contributed by atoms with van der Waals surface area (Å²) in [5, 5.41) is 2.71. The SMILES string of the molecule is Cc1ccc(NC(=O)COC(=O)c2ccc(/C=C3\SC(=O)N(CCOc4ccccc4Cl)C3=O)cc2)cc1. The number of carbonyl (C=O) groups excluding carboxylic acids is 4. The standard InChI is InChI=1S/C28H23ClN2O6S/c1-18-6-12-21(13-7-18)30-25(32)17-37-27(34)20-10-8-19(9-11-20)16-24-26(33)31(28(35)38-24)14-15-36-23-5-3-2-4-22(23)29/h2-13,16H,14-15,17H2,1H3,(H,30,32)/b24-16-. The van der Waals surface area contributed by atoms with Gasteiger partial charge in [-0.25, -0.2) is 4.79 Å². The van der Waals surface area contributed by atoms with Crippen molar-refractivity contribution in [2.24, 2.45) is 0 Å². The molecule has 194 valence electrons. The van der Waals surface area contributed by atoms with E-state index in [-0.39, 0.29) is 23.6 Å². The topological polar surface area (TPSA) is 102 Å². The van der Waals surface area contributed by atoms with E-state index in [9.17, 15) is 19.2 Å². The van der Waals surface area contributed by atoms with Crippen LogP contribution in [0, 0.1) is 6.92 Å². The summed E-state index contributed by atoms with van der Waals surface area (Å²) >= 11 is 6.88. The highest BCUT2D eigenvalue weighted by molar-refractivity contribution is 8.18. The van der Waals surface area contributed by atoms with E-state index in [1.165, 1.54) is 12.1 Å². The van der Waals surface area contributed by atoms with Gasteiger partial charge in [0.1, 0.15) is 12.4 Å². The molecule has 0 bridgehead atoms. The van der Waals surface area contributed by atoms with Gasteiger partial charge >= 0.3 is 5.97 Å². The molecule has 0 radical (unpaired) electrons. The number of amides is 3. The molecule has 3 aromatic rings. The lowest BCUT2D eigenvalue weighted by molar-refractivity contribution is -0.123. The second-order valence-corrected chi connectivity index (χ2v) is 9.62. The highest BCUT2D eigenvalue weighted by Gasteiger charge is 2.34. The Labute approximate surface area is 228 Å². The largest absolute Gasteiger partial charge is 0.490 e. The van der Waals surface area contributed by atoms with Gasteiger partial charge in [-0.1, -0.05) is 53.6 Å². The highest BCUT2D eigenvalue weighted by atomic mass is 35.5. The third-order valence-corrected chi connectivity index (χ3v) is 6.62. The van der Waals surface area contributed by atoms with Crippen molar-refractivity contribution in [1.82, 2.24) is 4.90 Å². The molecule has 38 heavy (non-hydrogen) atoms. The number of para-hydroxylation sites is 1. The van der Waals surface area contributed by atoms with E-state index in [1.807, 2.05) is 19.1 Å². The van der Waals surface area contributed by atoms with Gasteiger partial charge in [0.25, 0.3) is 17.1 Å². The van der Waals surface area contributed by atoms with Crippen molar-refractivity contribution < 1.29 is 28.7 Å². The predicted molar refractivity (Wildman–Crippen MR) is 146 cm³/mol. The van der Waals surface area contributed by atoms with Crippen molar-refractivity contribution in [2.45, 2.75) is 6.92 Å². The molecule has 0 saturated carbocycles. The molecule has 1 aliphatic rings. The molecule has 0 atom stereocenters. The van der Waals surface area contributed by atoms with Gasteiger partial charge in [-0.15, -0.1) is 0 Å². The van der Waals surface area contributed by atoms with Crippen LogP contribution in [0.4, 0.5) is 10.5 Å². The van der Waals surface area contributed by atoms with Gasteiger partial charge < -0.3 is 14.8 Å². The van der Waals surface area contributed by atoms with Crippen LogP contribution >= 0.6 is 23.4 Å². The lowest BCUT2D eigenvalue weighted by Crippen LogP contribution is -2.32. The van der Waals surface area contributed by atoms with Crippen LogP contribution in [0.1, 0.15) is 21.5 Å². The zero-order chi connectivity index (χ0) is 27.1. The van der Waals surface area contributed by atoms with Crippen LogP contribution in [0.3, 0.4) is 0 Å². The van der Waals surface area contributed by atoms with E-state index >= 15 is 0 Å². The van der Waals surface area contributed by atoms with Crippen LogP contribution in [0.15, 0.2) is 77.7 Å². The number of halogens is 1. The summed E-state index contributed by atoms with van der Waals surface area (Å²) in [6.45, 7) is 1.70.